The van der Waals surface area contributed by atoms with Crippen LogP contribution in [0.4, 0.5) is 0 Å². The molecule has 1 aromatic carbocycles. The van der Waals surface area contributed by atoms with Crippen molar-refractivity contribution in [3.8, 4) is 0 Å². The van der Waals surface area contributed by atoms with E-state index in [4.69, 9.17) is 15.2 Å². The Kier molecular flexibility index (Phi) is 12.5. The molecule has 1 aromatic heterocycles. The summed E-state index contributed by atoms with van der Waals surface area (Å²) in [5, 5.41) is 21.8. The highest BCUT2D eigenvalue weighted by molar-refractivity contribution is 7.89. The highest BCUT2D eigenvalue weighted by atomic mass is 32.2. The van der Waals surface area contributed by atoms with Crippen LogP contribution in [0.25, 0.3) is 0 Å². The molecule has 4 N–H and O–H groups in total. The van der Waals surface area contributed by atoms with Crippen molar-refractivity contribution in [1.29, 1.82) is 0 Å². The van der Waals surface area contributed by atoms with Crippen molar-refractivity contribution in [2.45, 2.75) is 99.8 Å². The van der Waals surface area contributed by atoms with E-state index in [0.29, 0.717) is 5.69 Å². The van der Waals surface area contributed by atoms with Gasteiger partial charge in [-0.2, -0.15) is 4.31 Å². The third-order valence-corrected chi connectivity index (χ3v) is 13.1. The van der Waals surface area contributed by atoms with Crippen molar-refractivity contribution in [2.24, 2.45) is 16.6 Å². The first kappa shape index (κ1) is 41.2. The molecule has 4 heterocycles. The minimum atomic E-state index is -3.82. The number of hydrogen-bond donors (Lipinski definition) is 3. The number of likely N-dealkylation sites (tertiary alicyclic amines) is 1. The molecule has 4 amide bonds. The van der Waals surface area contributed by atoms with Crippen molar-refractivity contribution in [1.82, 2.24) is 29.5 Å². The molecule has 4 fully saturated rings. The standard InChI is InChI=1S/C37H50N8O10S/c1-36(2,51)30-22-39-42-45(30)26-21-29(34(49)41-37(31(46)32(38)47)12-16-54-17-13-37)44(23-26)35(50)28(20-24-6-4-3-5-7-24)40-33(48)25-8-10-27(11-9-25)56(52,53)43-14-18-55-19-15-43/h8-11,22,24,26,29,51H,3-7,12-21,23H2,1-2H3,(H2,38,47)(H,41,49)/t26-,29-/m0/s1. The van der Waals surface area contributed by atoms with Crippen LogP contribution in [0.1, 0.15) is 93.7 Å². The smallest absolute Gasteiger partial charge is 0.287 e. The van der Waals surface area contributed by atoms with Gasteiger partial charge >= 0.3 is 0 Å². The number of Topliss-reactive ketones (excluding diaryl/α,β-unsaturated/α-hetero) is 1. The molecule has 2 atom stereocenters. The van der Waals surface area contributed by atoms with Crippen LogP contribution in [0, 0.1) is 5.92 Å². The van der Waals surface area contributed by atoms with E-state index in [9.17, 15) is 37.5 Å². The molecular weight excluding hydrogens is 749 g/mol. The fourth-order valence-electron chi connectivity index (χ4n) is 8.00. The number of aromatic nitrogens is 3. The zero-order valence-corrected chi connectivity index (χ0v) is 32.5. The molecular formula is C37H50N8O10S. The number of carbonyl (C=O) groups is 5. The molecule has 56 heavy (non-hydrogen) atoms. The Morgan fingerprint density at radius 2 is 1.64 bits per heavy atom. The Morgan fingerprint density at radius 3 is 2.27 bits per heavy atom. The molecule has 304 valence electrons. The van der Waals surface area contributed by atoms with Crippen LogP contribution in [0.2, 0.25) is 0 Å². The lowest BCUT2D eigenvalue weighted by molar-refractivity contribution is -0.146. The monoisotopic (exact) mass is 798 g/mol. The Hall–Kier alpha value is -4.43. The van der Waals surface area contributed by atoms with Gasteiger partial charge in [-0.05, 0) is 50.5 Å². The second kappa shape index (κ2) is 17.0. The van der Waals surface area contributed by atoms with Gasteiger partial charge in [-0.25, -0.2) is 18.1 Å². The van der Waals surface area contributed by atoms with Crippen LogP contribution < -0.4 is 11.1 Å². The highest BCUT2D eigenvalue weighted by Crippen LogP contribution is 2.34. The number of sulfonamides is 1. The highest BCUT2D eigenvalue weighted by Gasteiger charge is 2.49. The van der Waals surface area contributed by atoms with Crippen LogP contribution >= 0.6 is 0 Å². The molecule has 0 unspecified atom stereocenters. The van der Waals surface area contributed by atoms with E-state index in [1.165, 1.54) is 44.3 Å². The van der Waals surface area contributed by atoms with E-state index < -0.39 is 62.7 Å². The topological polar surface area (TPSA) is 246 Å². The number of nitrogens with zero attached hydrogens (tertiary/aromatic N) is 6. The first-order valence-electron chi connectivity index (χ1n) is 19.1. The van der Waals surface area contributed by atoms with Gasteiger partial charge in [0, 0.05) is 57.7 Å². The number of amides is 4. The van der Waals surface area contributed by atoms with E-state index in [0.717, 1.165) is 32.1 Å². The number of nitrogens with two attached hydrogens (primary N) is 1. The van der Waals surface area contributed by atoms with Gasteiger partial charge in [0.1, 0.15) is 22.9 Å². The molecule has 19 heteroatoms. The normalized spacial score (nSPS) is 22.8. The maximum atomic E-state index is 14.8. The van der Waals surface area contributed by atoms with Crippen molar-refractivity contribution in [3.63, 3.8) is 0 Å². The number of rotatable bonds is 12. The lowest BCUT2D eigenvalue weighted by Gasteiger charge is -2.37. The van der Waals surface area contributed by atoms with Gasteiger partial charge in [-0.3, -0.25) is 24.0 Å². The number of primary amides is 1. The molecule has 1 saturated carbocycles. The van der Waals surface area contributed by atoms with E-state index in [2.05, 4.69) is 20.6 Å². The van der Waals surface area contributed by atoms with E-state index in [1.807, 2.05) is 0 Å². The van der Waals surface area contributed by atoms with E-state index >= 15 is 0 Å². The molecule has 6 rings (SSSR count). The summed E-state index contributed by atoms with van der Waals surface area (Å²) in [6, 6.07) is 3.50. The number of hydrogen-bond acceptors (Lipinski definition) is 12. The second-order valence-electron chi connectivity index (χ2n) is 15.5. The number of nitrogens with one attached hydrogen (secondary N) is 1. The van der Waals surface area contributed by atoms with Crippen LogP contribution in [-0.4, -0.2) is 130 Å². The minimum Gasteiger partial charge on any atom is -0.384 e. The Morgan fingerprint density at radius 1 is 1.00 bits per heavy atom. The quantitative estimate of drug-likeness (QED) is 0.198. The molecule has 18 nitrogen and oxygen atoms in total. The fraction of sp³-hybridized carbons (Fsp3) is 0.622. The average Bonchev–Trinajstić information content (AvgIpc) is 3.87. The maximum absolute atomic E-state index is 14.8. The SMILES string of the molecule is CC(C)(O)c1cnnn1[C@H]1C[C@@H](C(=O)NC2(C(=O)C(N)=O)CCOCC2)N(C(=O)C(CC2CCCCC2)=NC(=O)c2ccc(S(=O)(=O)N3CCOCC3)cc2)C1. The van der Waals surface area contributed by atoms with Crippen LogP contribution in [0.5, 0.6) is 0 Å². The third kappa shape index (κ3) is 8.91. The molecule has 3 saturated heterocycles. The van der Waals surface area contributed by atoms with Gasteiger partial charge in [0.2, 0.25) is 21.7 Å². The minimum absolute atomic E-state index is 0.00560. The predicted molar refractivity (Wildman–Crippen MR) is 199 cm³/mol. The zero-order valence-electron chi connectivity index (χ0n) is 31.7. The number of carbonyl (C=O) groups excluding carboxylic acids is 5. The lowest BCUT2D eigenvalue weighted by Crippen LogP contribution is -2.63. The van der Waals surface area contributed by atoms with Crippen LogP contribution in [-0.2, 0) is 44.3 Å². The summed E-state index contributed by atoms with van der Waals surface area (Å²) < 4.78 is 39.9. The first-order chi connectivity index (χ1) is 26.6. The number of aliphatic hydroxyl groups is 1. The molecule has 0 spiro atoms. The second-order valence-corrected chi connectivity index (χ2v) is 17.4. The van der Waals surface area contributed by atoms with Gasteiger partial charge in [0.25, 0.3) is 17.7 Å². The first-order valence-corrected chi connectivity index (χ1v) is 20.5. The van der Waals surface area contributed by atoms with Crippen LogP contribution in [0.3, 0.4) is 0 Å². The summed E-state index contributed by atoms with van der Waals surface area (Å²) in [4.78, 5) is 73.9. The molecule has 4 aliphatic rings. The fourth-order valence-corrected chi connectivity index (χ4v) is 9.41. The number of benzene rings is 1. The van der Waals surface area contributed by atoms with E-state index in [1.54, 1.807) is 13.8 Å². The van der Waals surface area contributed by atoms with Crippen molar-refractivity contribution >= 4 is 45.1 Å². The number of morpholine rings is 1. The Labute approximate surface area is 325 Å². The van der Waals surface area contributed by atoms with Gasteiger partial charge in [-0.15, -0.1) is 5.10 Å². The van der Waals surface area contributed by atoms with Crippen molar-refractivity contribution in [2.75, 3.05) is 46.1 Å². The van der Waals surface area contributed by atoms with E-state index in [-0.39, 0.29) is 93.8 Å². The predicted octanol–water partition coefficient (Wildman–Crippen LogP) is 0.640. The number of ether oxygens (including phenoxy) is 2. The maximum Gasteiger partial charge on any atom is 0.287 e. The summed E-state index contributed by atoms with van der Waals surface area (Å²) in [6.07, 6.45) is 6.09. The Bertz CT molecular complexity index is 1940. The summed E-state index contributed by atoms with van der Waals surface area (Å²) >= 11 is 0. The largest absolute Gasteiger partial charge is 0.384 e. The van der Waals surface area contributed by atoms with Gasteiger partial charge in [-0.1, -0.05) is 37.3 Å². The molecule has 0 radical (unpaired) electrons. The van der Waals surface area contributed by atoms with Crippen molar-refractivity contribution in [3.05, 3.63) is 41.7 Å². The summed E-state index contributed by atoms with van der Waals surface area (Å²) in [5.41, 5.74) is 2.73. The lowest BCUT2D eigenvalue weighted by atomic mass is 9.84. The van der Waals surface area contributed by atoms with Gasteiger partial charge in [0.05, 0.1) is 36.0 Å². The number of ketones is 1. The number of aliphatic imine (C=N–C) groups is 1. The average molecular weight is 799 g/mol. The summed E-state index contributed by atoms with van der Waals surface area (Å²) in [7, 11) is -3.82. The summed E-state index contributed by atoms with van der Waals surface area (Å²) in [5.74, 6) is -4.30. The van der Waals surface area contributed by atoms with Crippen molar-refractivity contribution < 1.29 is 47.0 Å². The molecule has 3 aliphatic heterocycles. The molecule has 0 bridgehead atoms. The zero-order chi connectivity index (χ0) is 40.3. The van der Waals surface area contributed by atoms with Crippen LogP contribution in [0.15, 0.2) is 40.4 Å². The molecule has 2 aromatic rings. The Balaban J connectivity index is 1.33. The summed E-state index contributed by atoms with van der Waals surface area (Å²) in [6.45, 7) is 4.18. The third-order valence-electron chi connectivity index (χ3n) is 11.2. The molecule has 1 aliphatic carbocycles. The van der Waals surface area contributed by atoms with Gasteiger partial charge in [0.15, 0.2) is 0 Å². The van der Waals surface area contributed by atoms with Gasteiger partial charge < -0.3 is 30.5 Å².